The van der Waals surface area contributed by atoms with Crippen LogP contribution in [0.15, 0.2) is 0 Å². The van der Waals surface area contributed by atoms with Crippen molar-refractivity contribution in [1.29, 1.82) is 0 Å². The first-order valence-electron chi connectivity index (χ1n) is 11.4. The van der Waals surface area contributed by atoms with Crippen molar-refractivity contribution in [3.8, 4) is 0 Å². The monoisotopic (exact) mass is 355 g/mol. The normalized spacial score (nSPS) is 61.9. The molecule has 0 unspecified atom stereocenters. The summed E-state index contributed by atoms with van der Waals surface area (Å²) in [6, 6.07) is 0. The van der Waals surface area contributed by atoms with Gasteiger partial charge in [0.1, 0.15) is 0 Å². The second-order valence-corrected chi connectivity index (χ2v) is 13.4. The van der Waals surface area contributed by atoms with Gasteiger partial charge in [-0.15, -0.1) is 0 Å². The molecule has 0 aliphatic heterocycles. The number of hydrogen-bond donors (Lipinski definition) is 1. The molecular formula is C24H37NO. The Hall–Kier alpha value is -0.530. The first-order valence-corrected chi connectivity index (χ1v) is 11.4. The minimum atomic E-state index is 0.0147. The lowest BCUT2D eigenvalue weighted by atomic mass is 9.38. The Bertz CT molecular complexity index is 589. The number of carbonyl (C=O) groups is 1. The molecule has 8 aliphatic rings. The highest BCUT2D eigenvalue weighted by Gasteiger charge is 2.65. The van der Waals surface area contributed by atoms with Crippen molar-refractivity contribution in [2.45, 2.75) is 103 Å². The standard InChI is InChI=1S/C24H37NO/c1-20-10-21(2)12-22(3,11-20)15-24(13-20,14-21)25-19(26)23-7-16-4-17(8-23)6-18(5-16)9-23/h16-18H,4-15H2,1-3H3,(H,25,26). The van der Waals surface area contributed by atoms with Crippen LogP contribution in [0.5, 0.6) is 0 Å². The summed E-state index contributed by atoms with van der Waals surface area (Å²) in [5.41, 5.74) is 1.47. The van der Waals surface area contributed by atoms with Crippen molar-refractivity contribution in [1.82, 2.24) is 5.32 Å². The second-order valence-electron chi connectivity index (χ2n) is 13.4. The minimum Gasteiger partial charge on any atom is -0.350 e. The molecule has 0 aromatic carbocycles. The first kappa shape index (κ1) is 16.4. The molecule has 0 heterocycles. The van der Waals surface area contributed by atoms with Gasteiger partial charge in [-0.1, -0.05) is 20.8 Å². The topological polar surface area (TPSA) is 29.1 Å². The van der Waals surface area contributed by atoms with Crippen molar-refractivity contribution in [2.75, 3.05) is 0 Å². The lowest BCUT2D eigenvalue weighted by molar-refractivity contribution is -0.173. The Morgan fingerprint density at radius 3 is 1.46 bits per heavy atom. The molecule has 0 spiro atoms. The third-order valence-electron chi connectivity index (χ3n) is 9.75. The summed E-state index contributed by atoms with van der Waals surface area (Å²) in [5, 5.41) is 3.82. The van der Waals surface area contributed by atoms with E-state index in [2.05, 4.69) is 26.1 Å². The van der Waals surface area contributed by atoms with Gasteiger partial charge in [0.2, 0.25) is 5.91 Å². The average molecular weight is 356 g/mol. The highest BCUT2D eigenvalue weighted by atomic mass is 16.2. The van der Waals surface area contributed by atoms with Crippen LogP contribution in [0, 0.1) is 39.4 Å². The third kappa shape index (κ3) is 2.20. The Labute approximate surface area is 159 Å². The van der Waals surface area contributed by atoms with E-state index in [9.17, 15) is 4.79 Å². The maximum atomic E-state index is 13.8. The molecule has 0 atom stereocenters. The molecule has 8 rings (SSSR count). The van der Waals surface area contributed by atoms with Crippen LogP contribution < -0.4 is 5.32 Å². The molecular weight excluding hydrogens is 318 g/mol. The molecule has 0 aromatic heterocycles. The van der Waals surface area contributed by atoms with Crippen LogP contribution in [0.4, 0.5) is 0 Å². The van der Waals surface area contributed by atoms with Crippen LogP contribution in [0.1, 0.15) is 97.8 Å². The molecule has 1 N–H and O–H groups in total. The third-order valence-corrected chi connectivity index (χ3v) is 9.75. The van der Waals surface area contributed by atoms with E-state index >= 15 is 0 Å². The zero-order chi connectivity index (χ0) is 18.0. The van der Waals surface area contributed by atoms with E-state index in [4.69, 9.17) is 0 Å². The molecule has 2 heteroatoms. The van der Waals surface area contributed by atoms with E-state index in [0.717, 1.165) is 17.8 Å². The number of hydrogen-bond acceptors (Lipinski definition) is 1. The molecule has 1 amide bonds. The maximum Gasteiger partial charge on any atom is 0.226 e. The molecule has 0 aromatic rings. The van der Waals surface area contributed by atoms with E-state index in [-0.39, 0.29) is 11.0 Å². The van der Waals surface area contributed by atoms with Crippen LogP contribution in [0.25, 0.3) is 0 Å². The summed E-state index contributed by atoms with van der Waals surface area (Å²) < 4.78 is 0. The fraction of sp³-hybridized carbons (Fsp3) is 0.958. The van der Waals surface area contributed by atoms with Crippen molar-refractivity contribution in [3.05, 3.63) is 0 Å². The van der Waals surface area contributed by atoms with Crippen molar-refractivity contribution < 1.29 is 4.79 Å². The lowest BCUT2D eigenvalue weighted by Gasteiger charge is -2.69. The van der Waals surface area contributed by atoms with Gasteiger partial charge in [0, 0.05) is 11.0 Å². The summed E-state index contributed by atoms with van der Waals surface area (Å²) in [6.07, 6.45) is 15.7. The molecule has 8 aliphatic carbocycles. The summed E-state index contributed by atoms with van der Waals surface area (Å²) in [4.78, 5) is 13.8. The molecule has 26 heavy (non-hydrogen) atoms. The Balaban J connectivity index is 1.31. The van der Waals surface area contributed by atoms with Crippen LogP contribution in [-0.4, -0.2) is 11.4 Å². The maximum absolute atomic E-state index is 13.8. The van der Waals surface area contributed by atoms with E-state index < -0.39 is 0 Å². The van der Waals surface area contributed by atoms with Crippen LogP contribution in [0.3, 0.4) is 0 Å². The predicted molar refractivity (Wildman–Crippen MR) is 104 cm³/mol. The minimum absolute atomic E-state index is 0.0147. The van der Waals surface area contributed by atoms with Crippen molar-refractivity contribution >= 4 is 5.91 Å². The van der Waals surface area contributed by atoms with Gasteiger partial charge >= 0.3 is 0 Å². The Morgan fingerprint density at radius 1 is 0.692 bits per heavy atom. The predicted octanol–water partition coefficient (Wildman–Crippen LogP) is 5.46. The van der Waals surface area contributed by atoms with E-state index in [1.807, 2.05) is 0 Å². The van der Waals surface area contributed by atoms with Gasteiger partial charge in [-0.25, -0.2) is 0 Å². The summed E-state index contributed by atoms with van der Waals surface area (Å²) in [6.45, 7) is 7.56. The first-order chi connectivity index (χ1) is 12.1. The quantitative estimate of drug-likeness (QED) is 0.700. The van der Waals surface area contributed by atoms with Gasteiger partial charge in [-0.05, 0) is 111 Å². The Morgan fingerprint density at radius 2 is 1.08 bits per heavy atom. The van der Waals surface area contributed by atoms with Crippen LogP contribution >= 0.6 is 0 Å². The van der Waals surface area contributed by atoms with Crippen LogP contribution in [0.2, 0.25) is 0 Å². The molecule has 2 nitrogen and oxygen atoms in total. The van der Waals surface area contributed by atoms with E-state index in [1.165, 1.54) is 77.0 Å². The second kappa shape index (κ2) is 4.54. The zero-order valence-electron chi connectivity index (χ0n) is 17.1. The summed E-state index contributed by atoms with van der Waals surface area (Å²) in [5.74, 6) is 3.05. The zero-order valence-corrected chi connectivity index (χ0v) is 17.1. The smallest absolute Gasteiger partial charge is 0.226 e. The van der Waals surface area contributed by atoms with Crippen molar-refractivity contribution in [2.24, 2.45) is 39.4 Å². The number of rotatable bonds is 2. The largest absolute Gasteiger partial charge is 0.350 e. The van der Waals surface area contributed by atoms with E-state index in [1.54, 1.807) is 0 Å². The lowest BCUT2D eigenvalue weighted by Crippen LogP contribution is -2.69. The van der Waals surface area contributed by atoms with Gasteiger partial charge in [-0.2, -0.15) is 0 Å². The van der Waals surface area contributed by atoms with Crippen LogP contribution in [-0.2, 0) is 4.79 Å². The Kier molecular flexibility index (Phi) is 2.87. The average Bonchev–Trinajstić information content (AvgIpc) is 2.39. The summed E-state index contributed by atoms with van der Waals surface area (Å²) in [7, 11) is 0. The van der Waals surface area contributed by atoms with Gasteiger partial charge in [0.25, 0.3) is 0 Å². The number of nitrogens with one attached hydrogen (secondary N) is 1. The molecule has 8 saturated carbocycles. The number of carbonyl (C=O) groups excluding carboxylic acids is 1. The van der Waals surface area contributed by atoms with Gasteiger partial charge in [0.05, 0.1) is 0 Å². The highest BCUT2D eigenvalue weighted by molar-refractivity contribution is 5.84. The van der Waals surface area contributed by atoms with E-state index in [0.29, 0.717) is 22.2 Å². The van der Waals surface area contributed by atoms with Gasteiger partial charge in [0.15, 0.2) is 0 Å². The summed E-state index contributed by atoms with van der Waals surface area (Å²) >= 11 is 0. The fourth-order valence-corrected chi connectivity index (χ4v) is 11.2. The van der Waals surface area contributed by atoms with Gasteiger partial charge in [-0.3, -0.25) is 4.79 Å². The fourth-order valence-electron chi connectivity index (χ4n) is 11.2. The van der Waals surface area contributed by atoms with Gasteiger partial charge < -0.3 is 5.32 Å². The molecule has 144 valence electrons. The molecule has 8 bridgehead atoms. The van der Waals surface area contributed by atoms with Crippen molar-refractivity contribution in [3.63, 3.8) is 0 Å². The SMILES string of the molecule is CC12CC3(C)CC(C)(C1)CC(NC(=O)C14CC5CC(CC(C5)C1)C4)(C2)C3. The molecule has 0 radical (unpaired) electrons. The highest BCUT2D eigenvalue weighted by Crippen LogP contribution is 2.71. The molecule has 8 fully saturated rings. The molecule has 0 saturated heterocycles. The number of amides is 1.